The summed E-state index contributed by atoms with van der Waals surface area (Å²) in [5, 5.41) is 13.3. The number of nitrogens with zero attached hydrogens (tertiary/aromatic N) is 2. The predicted octanol–water partition coefficient (Wildman–Crippen LogP) is 1.69. The molecule has 1 heterocycles. The highest BCUT2D eigenvalue weighted by molar-refractivity contribution is 4.92. The maximum atomic E-state index is 9.65. The molecule has 124 valence electrons. The molecule has 0 amide bonds. The van der Waals surface area contributed by atoms with E-state index in [9.17, 15) is 5.11 Å². The molecule has 1 saturated heterocycles. The lowest BCUT2D eigenvalue weighted by atomic mass is 9.96. The van der Waals surface area contributed by atoms with Crippen LogP contribution >= 0.6 is 0 Å². The first-order valence-corrected chi connectivity index (χ1v) is 8.87. The van der Waals surface area contributed by atoms with Gasteiger partial charge in [-0.3, -0.25) is 0 Å². The third-order valence-corrected chi connectivity index (χ3v) is 5.35. The van der Waals surface area contributed by atoms with Crippen LogP contribution in [-0.2, 0) is 0 Å². The summed E-state index contributed by atoms with van der Waals surface area (Å²) in [5.74, 6) is 0. The van der Waals surface area contributed by atoms with Crippen LogP contribution in [0.3, 0.4) is 0 Å². The van der Waals surface area contributed by atoms with E-state index in [0.717, 1.165) is 19.0 Å². The quantitative estimate of drug-likeness (QED) is 0.679. The smallest absolute Gasteiger partial charge is 0.0610 e. The molecule has 2 fully saturated rings. The van der Waals surface area contributed by atoms with Crippen LogP contribution < -0.4 is 5.32 Å². The van der Waals surface area contributed by atoms with Crippen LogP contribution in [0.1, 0.15) is 52.4 Å². The van der Waals surface area contributed by atoms with Crippen LogP contribution in [0.25, 0.3) is 0 Å². The summed E-state index contributed by atoms with van der Waals surface area (Å²) in [6.07, 6.45) is 7.42. The molecule has 4 heteroatoms. The summed E-state index contributed by atoms with van der Waals surface area (Å²) < 4.78 is 0. The Kier molecular flexibility index (Phi) is 6.48. The Hall–Kier alpha value is -0.160. The highest BCUT2D eigenvalue weighted by Gasteiger charge is 2.31. The molecule has 0 aromatic rings. The third kappa shape index (κ3) is 5.51. The van der Waals surface area contributed by atoms with Gasteiger partial charge in [0.25, 0.3) is 0 Å². The minimum atomic E-state index is -0.0758. The molecule has 1 saturated carbocycles. The first kappa shape index (κ1) is 17.2. The Balaban J connectivity index is 1.65. The van der Waals surface area contributed by atoms with Gasteiger partial charge in [0.1, 0.15) is 0 Å². The van der Waals surface area contributed by atoms with Gasteiger partial charge in [0.05, 0.1) is 6.61 Å². The summed E-state index contributed by atoms with van der Waals surface area (Å²) in [6, 6.07) is 1.42. The SMILES string of the molecule is CCN1CCC(N(C)CCCC(C)(CO)NC2CC2)CC1. The zero-order chi connectivity index (χ0) is 15.3. The summed E-state index contributed by atoms with van der Waals surface area (Å²) in [7, 11) is 2.27. The molecule has 0 radical (unpaired) electrons. The number of aliphatic hydroxyl groups excluding tert-OH is 1. The number of hydrogen-bond donors (Lipinski definition) is 2. The highest BCUT2D eigenvalue weighted by Crippen LogP contribution is 2.25. The van der Waals surface area contributed by atoms with Crippen molar-refractivity contribution in [1.82, 2.24) is 15.1 Å². The number of rotatable bonds is 9. The minimum Gasteiger partial charge on any atom is -0.394 e. The largest absolute Gasteiger partial charge is 0.394 e. The van der Waals surface area contributed by atoms with E-state index in [4.69, 9.17) is 0 Å². The van der Waals surface area contributed by atoms with Crippen molar-refractivity contribution in [3.05, 3.63) is 0 Å². The molecule has 2 N–H and O–H groups in total. The van der Waals surface area contributed by atoms with Crippen molar-refractivity contribution in [1.29, 1.82) is 0 Å². The molecule has 0 aromatic heterocycles. The first-order chi connectivity index (χ1) is 10.1. The lowest BCUT2D eigenvalue weighted by Crippen LogP contribution is -2.48. The van der Waals surface area contributed by atoms with E-state index in [0.29, 0.717) is 6.04 Å². The summed E-state index contributed by atoms with van der Waals surface area (Å²) in [6.45, 7) is 9.53. The molecule has 1 atom stereocenters. The molecule has 1 aliphatic carbocycles. The van der Waals surface area contributed by atoms with E-state index in [1.54, 1.807) is 0 Å². The van der Waals surface area contributed by atoms with Gasteiger partial charge in [0.2, 0.25) is 0 Å². The molecule has 1 unspecified atom stereocenters. The Morgan fingerprint density at radius 1 is 1.24 bits per heavy atom. The van der Waals surface area contributed by atoms with Gasteiger partial charge in [-0.15, -0.1) is 0 Å². The molecule has 4 nitrogen and oxygen atoms in total. The van der Waals surface area contributed by atoms with E-state index in [2.05, 4.69) is 36.0 Å². The van der Waals surface area contributed by atoms with Crippen LogP contribution in [0.2, 0.25) is 0 Å². The van der Waals surface area contributed by atoms with Gasteiger partial charge in [-0.2, -0.15) is 0 Å². The Morgan fingerprint density at radius 2 is 1.90 bits per heavy atom. The zero-order valence-electron chi connectivity index (χ0n) is 14.3. The van der Waals surface area contributed by atoms with Crippen molar-refractivity contribution >= 4 is 0 Å². The van der Waals surface area contributed by atoms with Gasteiger partial charge in [-0.25, -0.2) is 0 Å². The molecule has 2 aliphatic rings. The summed E-state index contributed by atoms with van der Waals surface area (Å²) >= 11 is 0. The molecule has 0 bridgehead atoms. The van der Waals surface area contributed by atoms with Crippen molar-refractivity contribution in [2.24, 2.45) is 0 Å². The molecule has 0 aromatic carbocycles. The second-order valence-electron chi connectivity index (χ2n) is 7.39. The van der Waals surface area contributed by atoms with Gasteiger partial charge < -0.3 is 20.2 Å². The van der Waals surface area contributed by atoms with Crippen LogP contribution in [0, 0.1) is 0 Å². The van der Waals surface area contributed by atoms with Crippen LogP contribution in [0.4, 0.5) is 0 Å². The molecular weight excluding hydrogens is 262 g/mol. The molecule has 1 aliphatic heterocycles. The van der Waals surface area contributed by atoms with Crippen LogP contribution in [0.15, 0.2) is 0 Å². The van der Waals surface area contributed by atoms with E-state index in [1.165, 1.54) is 51.7 Å². The number of piperidine rings is 1. The van der Waals surface area contributed by atoms with Gasteiger partial charge in [-0.1, -0.05) is 6.92 Å². The van der Waals surface area contributed by atoms with Gasteiger partial charge in [0, 0.05) is 17.6 Å². The lowest BCUT2D eigenvalue weighted by Gasteiger charge is -2.37. The number of aliphatic hydroxyl groups is 1. The molecule has 21 heavy (non-hydrogen) atoms. The molecular formula is C17H35N3O. The Bertz CT molecular complexity index is 300. The van der Waals surface area contributed by atoms with Gasteiger partial charge in [0.15, 0.2) is 0 Å². The van der Waals surface area contributed by atoms with Crippen molar-refractivity contribution in [3.8, 4) is 0 Å². The monoisotopic (exact) mass is 297 g/mol. The fourth-order valence-corrected chi connectivity index (χ4v) is 3.49. The normalized spacial score (nSPS) is 24.4. The highest BCUT2D eigenvalue weighted by atomic mass is 16.3. The van der Waals surface area contributed by atoms with Crippen molar-refractivity contribution in [2.45, 2.75) is 70.0 Å². The fraction of sp³-hybridized carbons (Fsp3) is 1.00. The second kappa shape index (κ2) is 7.91. The van der Waals surface area contributed by atoms with E-state index in [1.807, 2.05) is 0 Å². The Morgan fingerprint density at radius 3 is 2.43 bits per heavy atom. The van der Waals surface area contributed by atoms with Gasteiger partial charge >= 0.3 is 0 Å². The fourth-order valence-electron chi connectivity index (χ4n) is 3.49. The van der Waals surface area contributed by atoms with Crippen molar-refractivity contribution in [3.63, 3.8) is 0 Å². The van der Waals surface area contributed by atoms with Crippen LogP contribution in [-0.4, -0.2) is 72.4 Å². The second-order valence-corrected chi connectivity index (χ2v) is 7.39. The lowest BCUT2D eigenvalue weighted by molar-refractivity contribution is 0.120. The van der Waals surface area contributed by atoms with E-state index < -0.39 is 0 Å². The van der Waals surface area contributed by atoms with Crippen LogP contribution in [0.5, 0.6) is 0 Å². The standard InChI is InChI=1S/C17H35N3O/c1-4-20-12-8-16(9-13-20)19(3)11-5-10-17(2,14-21)18-15-6-7-15/h15-16,18,21H,4-14H2,1-3H3. The maximum Gasteiger partial charge on any atom is 0.0610 e. The van der Waals surface area contributed by atoms with E-state index >= 15 is 0 Å². The van der Waals surface area contributed by atoms with Gasteiger partial charge in [-0.05, 0) is 78.7 Å². The predicted molar refractivity (Wildman–Crippen MR) is 88.6 cm³/mol. The number of likely N-dealkylation sites (tertiary alicyclic amines) is 1. The summed E-state index contributed by atoms with van der Waals surface area (Å²) in [5.41, 5.74) is -0.0758. The van der Waals surface area contributed by atoms with E-state index in [-0.39, 0.29) is 12.1 Å². The first-order valence-electron chi connectivity index (χ1n) is 8.87. The maximum absolute atomic E-state index is 9.65. The Labute approximate surface area is 130 Å². The number of nitrogens with one attached hydrogen (secondary N) is 1. The average Bonchev–Trinajstić information content (AvgIpc) is 3.31. The van der Waals surface area contributed by atoms with Crippen molar-refractivity contribution < 1.29 is 5.11 Å². The molecule has 0 spiro atoms. The minimum absolute atomic E-state index is 0.0758. The topological polar surface area (TPSA) is 38.7 Å². The summed E-state index contributed by atoms with van der Waals surface area (Å²) in [4.78, 5) is 5.09. The van der Waals surface area contributed by atoms with Crippen molar-refractivity contribution in [2.75, 3.05) is 39.8 Å². The molecule has 2 rings (SSSR count). The zero-order valence-corrected chi connectivity index (χ0v) is 14.3. The average molecular weight is 297 g/mol. The number of hydrogen-bond acceptors (Lipinski definition) is 4. The third-order valence-electron chi connectivity index (χ3n) is 5.35.